The van der Waals surface area contributed by atoms with Gasteiger partial charge in [0.05, 0.1) is 5.02 Å². The predicted octanol–water partition coefficient (Wildman–Crippen LogP) is 1.70. The standard InChI is InChI=1S/C11H17ClN2O/c1-14(2)6-5-13-8-9-3-4-11(15)10(12)7-9/h3-4,7,13,15H,5-6,8H2,1-2H3. The van der Waals surface area contributed by atoms with Crippen LogP contribution in [0.5, 0.6) is 5.75 Å². The van der Waals surface area contributed by atoms with E-state index in [0.29, 0.717) is 5.02 Å². The molecule has 0 radical (unpaired) electrons. The third-order valence-corrected chi connectivity index (χ3v) is 2.38. The SMILES string of the molecule is CN(C)CCNCc1ccc(O)c(Cl)c1. The Balaban J connectivity index is 2.35. The second-order valence-electron chi connectivity index (χ2n) is 3.77. The summed E-state index contributed by atoms with van der Waals surface area (Å²) in [6.07, 6.45) is 0. The molecular weight excluding hydrogens is 212 g/mol. The second-order valence-corrected chi connectivity index (χ2v) is 4.17. The lowest BCUT2D eigenvalue weighted by Crippen LogP contribution is -2.26. The van der Waals surface area contributed by atoms with E-state index in [1.807, 2.05) is 20.2 Å². The molecule has 1 aromatic carbocycles. The maximum absolute atomic E-state index is 9.23. The molecule has 0 atom stereocenters. The number of aromatic hydroxyl groups is 1. The Morgan fingerprint density at radius 2 is 2.13 bits per heavy atom. The molecule has 0 aliphatic rings. The highest BCUT2D eigenvalue weighted by Crippen LogP contribution is 2.23. The molecule has 0 aliphatic heterocycles. The second kappa shape index (κ2) is 5.95. The summed E-state index contributed by atoms with van der Waals surface area (Å²) in [4.78, 5) is 2.12. The molecular formula is C11H17ClN2O. The van der Waals surface area contributed by atoms with E-state index in [1.54, 1.807) is 12.1 Å². The minimum Gasteiger partial charge on any atom is -0.506 e. The first kappa shape index (κ1) is 12.3. The normalized spacial score (nSPS) is 10.9. The van der Waals surface area contributed by atoms with Gasteiger partial charge in [0, 0.05) is 19.6 Å². The van der Waals surface area contributed by atoms with Crippen LogP contribution in [0.15, 0.2) is 18.2 Å². The maximum Gasteiger partial charge on any atom is 0.134 e. The summed E-state index contributed by atoms with van der Waals surface area (Å²) in [6.45, 7) is 2.71. The molecule has 0 heterocycles. The van der Waals surface area contributed by atoms with E-state index in [1.165, 1.54) is 0 Å². The highest BCUT2D eigenvalue weighted by molar-refractivity contribution is 6.32. The van der Waals surface area contributed by atoms with Crippen LogP contribution in [-0.2, 0) is 6.54 Å². The molecule has 0 saturated heterocycles. The summed E-state index contributed by atoms with van der Waals surface area (Å²) in [6, 6.07) is 5.26. The Hall–Kier alpha value is -0.770. The molecule has 0 unspecified atom stereocenters. The fourth-order valence-electron chi connectivity index (χ4n) is 1.20. The largest absolute Gasteiger partial charge is 0.506 e. The zero-order valence-corrected chi connectivity index (χ0v) is 9.88. The van der Waals surface area contributed by atoms with E-state index in [0.717, 1.165) is 25.2 Å². The average molecular weight is 229 g/mol. The van der Waals surface area contributed by atoms with Crippen molar-refractivity contribution in [2.75, 3.05) is 27.2 Å². The quantitative estimate of drug-likeness (QED) is 0.753. The van der Waals surface area contributed by atoms with E-state index in [2.05, 4.69) is 10.2 Å². The highest BCUT2D eigenvalue weighted by Gasteiger charge is 1.99. The minimum absolute atomic E-state index is 0.133. The van der Waals surface area contributed by atoms with Crippen LogP contribution >= 0.6 is 11.6 Å². The Morgan fingerprint density at radius 1 is 1.40 bits per heavy atom. The lowest BCUT2D eigenvalue weighted by molar-refractivity contribution is 0.400. The van der Waals surface area contributed by atoms with Gasteiger partial charge in [0.1, 0.15) is 5.75 Å². The van der Waals surface area contributed by atoms with Gasteiger partial charge in [0.2, 0.25) is 0 Å². The van der Waals surface area contributed by atoms with Crippen molar-refractivity contribution in [3.05, 3.63) is 28.8 Å². The molecule has 0 saturated carbocycles. The summed E-state index contributed by atoms with van der Waals surface area (Å²) in [7, 11) is 4.08. The van der Waals surface area contributed by atoms with Gasteiger partial charge in [-0.25, -0.2) is 0 Å². The number of phenols is 1. The lowest BCUT2D eigenvalue weighted by Gasteiger charge is -2.10. The van der Waals surface area contributed by atoms with Crippen molar-refractivity contribution in [2.24, 2.45) is 0 Å². The summed E-state index contributed by atoms with van der Waals surface area (Å²) in [5.41, 5.74) is 1.08. The van der Waals surface area contributed by atoms with E-state index < -0.39 is 0 Å². The van der Waals surface area contributed by atoms with Crippen molar-refractivity contribution in [1.29, 1.82) is 0 Å². The number of hydrogen-bond donors (Lipinski definition) is 2. The van der Waals surface area contributed by atoms with Crippen molar-refractivity contribution in [3.8, 4) is 5.75 Å². The zero-order valence-electron chi connectivity index (χ0n) is 9.13. The monoisotopic (exact) mass is 228 g/mol. The smallest absolute Gasteiger partial charge is 0.134 e. The van der Waals surface area contributed by atoms with E-state index in [4.69, 9.17) is 11.6 Å². The third-order valence-electron chi connectivity index (χ3n) is 2.08. The molecule has 3 nitrogen and oxygen atoms in total. The van der Waals surface area contributed by atoms with Crippen molar-refractivity contribution in [1.82, 2.24) is 10.2 Å². The summed E-state index contributed by atoms with van der Waals surface area (Å²) < 4.78 is 0. The first-order chi connectivity index (χ1) is 7.09. The summed E-state index contributed by atoms with van der Waals surface area (Å²) >= 11 is 5.79. The fourth-order valence-corrected chi connectivity index (χ4v) is 1.40. The number of phenolic OH excluding ortho intramolecular Hbond substituents is 1. The van der Waals surface area contributed by atoms with Gasteiger partial charge in [0.25, 0.3) is 0 Å². The van der Waals surface area contributed by atoms with Gasteiger partial charge in [-0.1, -0.05) is 17.7 Å². The summed E-state index contributed by atoms with van der Waals surface area (Å²) in [5, 5.41) is 12.9. The molecule has 84 valence electrons. The van der Waals surface area contributed by atoms with Crippen molar-refractivity contribution < 1.29 is 5.11 Å². The average Bonchev–Trinajstić information content (AvgIpc) is 2.18. The molecule has 1 aromatic rings. The highest BCUT2D eigenvalue weighted by atomic mass is 35.5. The van der Waals surface area contributed by atoms with Crippen LogP contribution in [0.25, 0.3) is 0 Å². The molecule has 4 heteroatoms. The van der Waals surface area contributed by atoms with E-state index in [9.17, 15) is 5.11 Å². The lowest BCUT2D eigenvalue weighted by atomic mass is 10.2. The number of nitrogens with zero attached hydrogens (tertiary/aromatic N) is 1. The molecule has 0 bridgehead atoms. The van der Waals surface area contributed by atoms with Gasteiger partial charge in [-0.05, 0) is 31.8 Å². The number of nitrogens with one attached hydrogen (secondary N) is 1. The van der Waals surface area contributed by atoms with Crippen LogP contribution in [0.2, 0.25) is 5.02 Å². The number of likely N-dealkylation sites (N-methyl/N-ethyl adjacent to an activating group) is 1. The van der Waals surface area contributed by atoms with Crippen LogP contribution in [0.3, 0.4) is 0 Å². The van der Waals surface area contributed by atoms with Crippen LogP contribution in [0.1, 0.15) is 5.56 Å². The first-order valence-corrected chi connectivity index (χ1v) is 5.30. The molecule has 0 spiro atoms. The van der Waals surface area contributed by atoms with E-state index >= 15 is 0 Å². The topological polar surface area (TPSA) is 35.5 Å². The number of rotatable bonds is 5. The van der Waals surface area contributed by atoms with E-state index in [-0.39, 0.29) is 5.75 Å². The predicted molar refractivity (Wildman–Crippen MR) is 63.4 cm³/mol. The van der Waals surface area contributed by atoms with Crippen molar-refractivity contribution in [3.63, 3.8) is 0 Å². The molecule has 0 aliphatic carbocycles. The number of benzene rings is 1. The van der Waals surface area contributed by atoms with Gasteiger partial charge >= 0.3 is 0 Å². The van der Waals surface area contributed by atoms with Crippen LogP contribution in [0, 0.1) is 0 Å². The fraction of sp³-hybridized carbons (Fsp3) is 0.455. The van der Waals surface area contributed by atoms with Gasteiger partial charge in [-0.2, -0.15) is 0 Å². The zero-order chi connectivity index (χ0) is 11.3. The van der Waals surface area contributed by atoms with Gasteiger partial charge in [0.15, 0.2) is 0 Å². The summed E-state index contributed by atoms with van der Waals surface area (Å²) in [5.74, 6) is 0.133. The number of hydrogen-bond acceptors (Lipinski definition) is 3. The Kier molecular flexibility index (Phi) is 4.88. The van der Waals surface area contributed by atoms with Crippen LogP contribution < -0.4 is 5.32 Å². The first-order valence-electron chi connectivity index (χ1n) is 4.92. The van der Waals surface area contributed by atoms with Crippen LogP contribution in [-0.4, -0.2) is 37.2 Å². The minimum atomic E-state index is 0.133. The number of halogens is 1. The van der Waals surface area contributed by atoms with Gasteiger partial charge in [-0.3, -0.25) is 0 Å². The Labute approximate surface area is 95.7 Å². The molecule has 2 N–H and O–H groups in total. The molecule has 1 rings (SSSR count). The molecule has 0 amide bonds. The molecule has 0 fully saturated rings. The maximum atomic E-state index is 9.23. The Bertz CT molecular complexity index is 315. The molecule has 15 heavy (non-hydrogen) atoms. The van der Waals surface area contributed by atoms with Gasteiger partial charge in [-0.15, -0.1) is 0 Å². The van der Waals surface area contributed by atoms with Crippen molar-refractivity contribution >= 4 is 11.6 Å². The van der Waals surface area contributed by atoms with Crippen molar-refractivity contribution in [2.45, 2.75) is 6.54 Å². The molecule has 0 aromatic heterocycles. The van der Waals surface area contributed by atoms with Crippen LogP contribution in [0.4, 0.5) is 0 Å². The van der Waals surface area contributed by atoms with Gasteiger partial charge < -0.3 is 15.3 Å². The Morgan fingerprint density at radius 3 is 2.73 bits per heavy atom. The third kappa shape index (κ3) is 4.51.